The fourth-order valence-corrected chi connectivity index (χ4v) is 2.12. The van der Waals surface area contributed by atoms with E-state index >= 15 is 0 Å². The smallest absolute Gasteiger partial charge is 0.0381 e. The zero-order valence-corrected chi connectivity index (χ0v) is 11.0. The first-order valence-corrected chi connectivity index (χ1v) is 6.71. The number of rotatable bonds is 5. The zero-order valence-electron chi connectivity index (χ0n) is 11.0. The molecule has 0 radical (unpaired) electrons. The Kier molecular flexibility index (Phi) is 4.83. The van der Waals surface area contributed by atoms with Gasteiger partial charge in [0.15, 0.2) is 0 Å². The average molecular weight is 239 g/mol. The van der Waals surface area contributed by atoms with Gasteiger partial charge in [-0.2, -0.15) is 0 Å². The highest BCUT2D eigenvalue weighted by molar-refractivity contribution is 5.47. The molecule has 0 unspecified atom stereocenters. The number of nitrogens with one attached hydrogen (secondary N) is 1. The lowest BCUT2D eigenvalue weighted by molar-refractivity contribution is 0.910. The summed E-state index contributed by atoms with van der Waals surface area (Å²) in [6.45, 7) is 2.09. The van der Waals surface area contributed by atoms with Crippen molar-refractivity contribution in [3.05, 3.63) is 65.9 Å². The van der Waals surface area contributed by atoms with Crippen molar-refractivity contribution in [1.82, 2.24) is 0 Å². The molecular formula is C17H21N. The molecule has 1 aromatic rings. The van der Waals surface area contributed by atoms with Crippen LogP contribution < -0.4 is 5.32 Å². The lowest BCUT2D eigenvalue weighted by Crippen LogP contribution is -2.00. The van der Waals surface area contributed by atoms with Crippen molar-refractivity contribution < 1.29 is 0 Å². The molecule has 1 nitrogen and oxygen atoms in total. The number of para-hydroxylation sites is 1. The molecule has 0 fully saturated rings. The maximum absolute atomic E-state index is 3.48. The number of benzene rings is 1. The third kappa shape index (κ3) is 3.92. The zero-order chi connectivity index (χ0) is 12.6. The minimum atomic E-state index is 1.07. The summed E-state index contributed by atoms with van der Waals surface area (Å²) in [5.74, 6) is 0. The average Bonchev–Trinajstić information content (AvgIpc) is 2.45. The SMILES string of the molecule is C/C=C(\CCC1=CCCC=C1)Nc1ccccc1. The molecule has 0 amide bonds. The van der Waals surface area contributed by atoms with Gasteiger partial charge in [0.05, 0.1) is 0 Å². The van der Waals surface area contributed by atoms with Gasteiger partial charge in [-0.15, -0.1) is 0 Å². The van der Waals surface area contributed by atoms with E-state index in [1.807, 2.05) is 6.07 Å². The lowest BCUT2D eigenvalue weighted by atomic mass is 10.0. The second-order valence-corrected chi connectivity index (χ2v) is 4.56. The van der Waals surface area contributed by atoms with E-state index in [1.54, 1.807) is 0 Å². The van der Waals surface area contributed by atoms with Crippen molar-refractivity contribution in [3.8, 4) is 0 Å². The van der Waals surface area contributed by atoms with Crippen molar-refractivity contribution in [1.29, 1.82) is 0 Å². The number of allylic oxidation sites excluding steroid dienone is 6. The monoisotopic (exact) mass is 239 g/mol. The lowest BCUT2D eigenvalue weighted by Gasteiger charge is -2.12. The van der Waals surface area contributed by atoms with E-state index in [9.17, 15) is 0 Å². The van der Waals surface area contributed by atoms with Gasteiger partial charge in [-0.3, -0.25) is 0 Å². The largest absolute Gasteiger partial charge is 0.359 e. The van der Waals surface area contributed by atoms with Crippen molar-refractivity contribution in [2.75, 3.05) is 5.32 Å². The first-order valence-electron chi connectivity index (χ1n) is 6.71. The number of hydrogen-bond acceptors (Lipinski definition) is 1. The van der Waals surface area contributed by atoms with Gasteiger partial charge >= 0.3 is 0 Å². The molecule has 2 rings (SSSR count). The van der Waals surface area contributed by atoms with Crippen LogP contribution in [0.25, 0.3) is 0 Å². The molecule has 1 aliphatic rings. The van der Waals surface area contributed by atoms with Gasteiger partial charge in [-0.1, -0.05) is 48.1 Å². The third-order valence-electron chi connectivity index (χ3n) is 3.18. The minimum Gasteiger partial charge on any atom is -0.359 e. The molecule has 1 N–H and O–H groups in total. The molecule has 0 atom stereocenters. The molecule has 1 aromatic carbocycles. The molecule has 1 heteroatoms. The maximum Gasteiger partial charge on any atom is 0.0381 e. The summed E-state index contributed by atoms with van der Waals surface area (Å²) in [6.07, 6.45) is 13.6. The molecule has 94 valence electrons. The van der Waals surface area contributed by atoms with E-state index in [2.05, 4.69) is 60.8 Å². The van der Waals surface area contributed by atoms with Gasteiger partial charge in [0.2, 0.25) is 0 Å². The van der Waals surface area contributed by atoms with Gasteiger partial charge in [-0.05, 0) is 44.7 Å². The minimum absolute atomic E-state index is 1.07. The fourth-order valence-electron chi connectivity index (χ4n) is 2.12. The molecule has 0 heterocycles. The summed E-state index contributed by atoms with van der Waals surface area (Å²) in [4.78, 5) is 0. The van der Waals surface area contributed by atoms with Crippen LogP contribution in [-0.4, -0.2) is 0 Å². The predicted molar refractivity (Wildman–Crippen MR) is 79.5 cm³/mol. The van der Waals surface area contributed by atoms with E-state index in [4.69, 9.17) is 0 Å². The molecule has 1 aliphatic carbocycles. The molecule has 0 saturated carbocycles. The molecule has 0 saturated heterocycles. The topological polar surface area (TPSA) is 12.0 Å². The Bertz CT molecular complexity index is 452. The van der Waals surface area contributed by atoms with Gasteiger partial charge in [0, 0.05) is 11.4 Å². The van der Waals surface area contributed by atoms with Crippen LogP contribution in [0.5, 0.6) is 0 Å². The summed E-state index contributed by atoms with van der Waals surface area (Å²) < 4.78 is 0. The summed E-state index contributed by atoms with van der Waals surface area (Å²) in [5, 5.41) is 3.48. The van der Waals surface area contributed by atoms with Crippen LogP contribution in [0.1, 0.15) is 32.6 Å². The van der Waals surface area contributed by atoms with Crippen LogP contribution in [0, 0.1) is 0 Å². The molecule has 0 spiro atoms. The summed E-state index contributed by atoms with van der Waals surface area (Å²) in [6, 6.07) is 10.4. The molecule has 0 aromatic heterocycles. The first-order chi connectivity index (χ1) is 8.88. The first kappa shape index (κ1) is 12.7. The van der Waals surface area contributed by atoms with E-state index in [-0.39, 0.29) is 0 Å². The highest BCUT2D eigenvalue weighted by Crippen LogP contribution is 2.19. The Hall–Kier alpha value is -1.76. The fraction of sp³-hybridized carbons (Fsp3) is 0.294. The highest BCUT2D eigenvalue weighted by Gasteiger charge is 2.01. The standard InChI is InChI=1S/C17H21N/c1-2-16(18-17-11-7-4-8-12-17)14-13-15-9-5-3-6-10-15/h2,4-5,7-12,18H,3,6,13-14H2,1H3/b16-2+. The molecule has 0 aliphatic heterocycles. The number of hydrogen-bond donors (Lipinski definition) is 1. The van der Waals surface area contributed by atoms with Crippen molar-refractivity contribution in [3.63, 3.8) is 0 Å². The second-order valence-electron chi connectivity index (χ2n) is 4.56. The van der Waals surface area contributed by atoms with Crippen molar-refractivity contribution in [2.24, 2.45) is 0 Å². The summed E-state index contributed by atoms with van der Waals surface area (Å²) in [5.41, 5.74) is 3.93. The number of anilines is 1. The van der Waals surface area contributed by atoms with Crippen LogP contribution in [0.15, 0.2) is 65.9 Å². The Balaban J connectivity index is 1.87. The van der Waals surface area contributed by atoms with Gasteiger partial charge < -0.3 is 5.32 Å². The quantitative estimate of drug-likeness (QED) is 0.757. The van der Waals surface area contributed by atoms with Crippen LogP contribution in [0.4, 0.5) is 5.69 Å². The normalized spacial score (nSPS) is 15.4. The maximum atomic E-state index is 3.48. The Labute approximate surface area is 110 Å². The van der Waals surface area contributed by atoms with Gasteiger partial charge in [0.25, 0.3) is 0 Å². The van der Waals surface area contributed by atoms with E-state index in [0.29, 0.717) is 0 Å². The van der Waals surface area contributed by atoms with Crippen molar-refractivity contribution >= 4 is 5.69 Å². The Morgan fingerprint density at radius 3 is 2.72 bits per heavy atom. The van der Waals surface area contributed by atoms with Crippen LogP contribution in [0.2, 0.25) is 0 Å². The highest BCUT2D eigenvalue weighted by atomic mass is 14.9. The summed E-state index contributed by atoms with van der Waals surface area (Å²) in [7, 11) is 0. The van der Waals surface area contributed by atoms with Gasteiger partial charge in [-0.25, -0.2) is 0 Å². The molecule has 0 bridgehead atoms. The molecular weight excluding hydrogens is 218 g/mol. The van der Waals surface area contributed by atoms with Crippen LogP contribution in [-0.2, 0) is 0 Å². The van der Waals surface area contributed by atoms with E-state index in [0.717, 1.165) is 12.8 Å². The van der Waals surface area contributed by atoms with Crippen LogP contribution >= 0.6 is 0 Å². The Morgan fingerprint density at radius 2 is 2.06 bits per heavy atom. The predicted octanol–water partition coefficient (Wildman–Crippen LogP) is 5.06. The van der Waals surface area contributed by atoms with E-state index < -0.39 is 0 Å². The molecule has 18 heavy (non-hydrogen) atoms. The van der Waals surface area contributed by atoms with Gasteiger partial charge in [0.1, 0.15) is 0 Å². The van der Waals surface area contributed by atoms with E-state index in [1.165, 1.54) is 29.8 Å². The third-order valence-corrected chi connectivity index (χ3v) is 3.18. The summed E-state index contributed by atoms with van der Waals surface area (Å²) >= 11 is 0. The Morgan fingerprint density at radius 1 is 1.22 bits per heavy atom. The van der Waals surface area contributed by atoms with Crippen LogP contribution in [0.3, 0.4) is 0 Å². The second kappa shape index (κ2) is 6.85. The van der Waals surface area contributed by atoms with Crippen molar-refractivity contribution in [2.45, 2.75) is 32.6 Å².